The van der Waals surface area contributed by atoms with E-state index < -0.39 is 5.54 Å². The Morgan fingerprint density at radius 1 is 1.11 bits per heavy atom. The highest BCUT2D eigenvalue weighted by Crippen LogP contribution is 2.44. The van der Waals surface area contributed by atoms with Crippen LogP contribution in [-0.2, 0) is 4.79 Å². The molecule has 0 heterocycles. The van der Waals surface area contributed by atoms with E-state index in [2.05, 4.69) is 19.2 Å². The van der Waals surface area contributed by atoms with Crippen LogP contribution in [0.25, 0.3) is 0 Å². The Morgan fingerprint density at radius 2 is 1.72 bits per heavy atom. The van der Waals surface area contributed by atoms with Gasteiger partial charge in [-0.2, -0.15) is 0 Å². The third-order valence-electron chi connectivity index (χ3n) is 4.82. The minimum absolute atomic E-state index is 0.141. The number of primary amides is 1. The Balaban J connectivity index is 2.04. The third kappa shape index (κ3) is 3.05. The van der Waals surface area contributed by atoms with Crippen LogP contribution in [0, 0.1) is 5.41 Å². The molecule has 0 aliphatic heterocycles. The number of hydrogen-bond donors (Lipinski definition) is 2. The van der Waals surface area contributed by atoms with Gasteiger partial charge in [-0.1, -0.05) is 39.5 Å². The molecular weight excluding hydrogens is 224 g/mol. The number of carbonyl (C=O) groups excluding carboxylic acids is 1. The van der Waals surface area contributed by atoms with Crippen LogP contribution in [0.2, 0.25) is 0 Å². The second-order valence-corrected chi connectivity index (χ2v) is 7.12. The Kier molecular flexibility index (Phi) is 4.00. The number of hydrogen-bond acceptors (Lipinski definition) is 2. The lowest BCUT2D eigenvalue weighted by Crippen LogP contribution is -2.57. The van der Waals surface area contributed by atoms with Crippen molar-refractivity contribution in [3.05, 3.63) is 0 Å². The summed E-state index contributed by atoms with van der Waals surface area (Å²) in [6.45, 7) is 4.49. The molecule has 0 aromatic heterocycles. The fourth-order valence-corrected chi connectivity index (χ4v) is 3.76. The van der Waals surface area contributed by atoms with Gasteiger partial charge in [-0.25, -0.2) is 0 Å². The SMILES string of the molecule is CC1(C)CCC(NC2CCCCCC2)(C(N)=O)C1. The van der Waals surface area contributed by atoms with Crippen molar-refractivity contribution < 1.29 is 4.79 Å². The molecule has 2 aliphatic rings. The summed E-state index contributed by atoms with van der Waals surface area (Å²) in [5, 5.41) is 3.65. The van der Waals surface area contributed by atoms with E-state index in [0.717, 1.165) is 19.3 Å². The van der Waals surface area contributed by atoms with Crippen molar-refractivity contribution in [2.24, 2.45) is 11.1 Å². The zero-order chi connectivity index (χ0) is 13.2. The lowest BCUT2D eigenvalue weighted by molar-refractivity contribution is -0.125. The largest absolute Gasteiger partial charge is 0.368 e. The van der Waals surface area contributed by atoms with Crippen LogP contribution in [0.1, 0.15) is 71.6 Å². The fourth-order valence-electron chi connectivity index (χ4n) is 3.76. The third-order valence-corrected chi connectivity index (χ3v) is 4.82. The van der Waals surface area contributed by atoms with Gasteiger partial charge in [0.1, 0.15) is 0 Å². The van der Waals surface area contributed by atoms with E-state index in [0.29, 0.717) is 6.04 Å². The fraction of sp³-hybridized carbons (Fsp3) is 0.933. The molecule has 3 N–H and O–H groups in total. The second kappa shape index (κ2) is 5.20. The van der Waals surface area contributed by atoms with Crippen LogP contribution in [0.5, 0.6) is 0 Å². The van der Waals surface area contributed by atoms with Crippen LogP contribution in [-0.4, -0.2) is 17.5 Å². The van der Waals surface area contributed by atoms with Gasteiger partial charge in [0.05, 0.1) is 5.54 Å². The molecule has 2 saturated carbocycles. The maximum atomic E-state index is 11.9. The first-order valence-electron chi connectivity index (χ1n) is 7.51. The Hall–Kier alpha value is -0.570. The first-order valence-corrected chi connectivity index (χ1v) is 7.51. The van der Waals surface area contributed by atoms with Gasteiger partial charge in [-0.3, -0.25) is 4.79 Å². The molecule has 3 nitrogen and oxygen atoms in total. The van der Waals surface area contributed by atoms with Crippen LogP contribution in [0.4, 0.5) is 0 Å². The summed E-state index contributed by atoms with van der Waals surface area (Å²) in [4.78, 5) is 11.9. The number of carbonyl (C=O) groups is 1. The molecule has 18 heavy (non-hydrogen) atoms. The van der Waals surface area contributed by atoms with Crippen LogP contribution >= 0.6 is 0 Å². The molecule has 0 radical (unpaired) electrons. The van der Waals surface area contributed by atoms with Crippen molar-refractivity contribution in [2.45, 2.75) is 83.2 Å². The van der Waals surface area contributed by atoms with Gasteiger partial charge < -0.3 is 11.1 Å². The Labute approximate surface area is 111 Å². The van der Waals surface area contributed by atoms with Crippen molar-refractivity contribution in [1.82, 2.24) is 5.32 Å². The average Bonchev–Trinajstić information content (AvgIpc) is 2.49. The summed E-state index contributed by atoms with van der Waals surface area (Å²) in [7, 11) is 0. The minimum atomic E-state index is -0.432. The highest BCUT2D eigenvalue weighted by Gasteiger charge is 2.48. The summed E-state index contributed by atoms with van der Waals surface area (Å²) in [5.74, 6) is -0.141. The number of nitrogens with one attached hydrogen (secondary N) is 1. The zero-order valence-corrected chi connectivity index (χ0v) is 11.9. The molecule has 0 saturated heterocycles. The van der Waals surface area contributed by atoms with Crippen LogP contribution < -0.4 is 11.1 Å². The smallest absolute Gasteiger partial charge is 0.237 e. The van der Waals surface area contributed by atoms with E-state index in [4.69, 9.17) is 5.73 Å². The summed E-state index contributed by atoms with van der Waals surface area (Å²) in [6.07, 6.45) is 10.6. The maximum absolute atomic E-state index is 11.9. The molecule has 2 aliphatic carbocycles. The highest BCUT2D eigenvalue weighted by molar-refractivity contribution is 5.85. The summed E-state index contributed by atoms with van der Waals surface area (Å²) < 4.78 is 0. The summed E-state index contributed by atoms with van der Waals surface area (Å²) in [5.41, 5.74) is 5.52. The topological polar surface area (TPSA) is 55.1 Å². The van der Waals surface area contributed by atoms with Crippen molar-refractivity contribution >= 4 is 5.91 Å². The normalized spacial score (nSPS) is 33.2. The minimum Gasteiger partial charge on any atom is -0.368 e. The van der Waals surface area contributed by atoms with Crippen LogP contribution in [0.3, 0.4) is 0 Å². The van der Waals surface area contributed by atoms with Crippen molar-refractivity contribution in [3.8, 4) is 0 Å². The molecular formula is C15H28N2O. The monoisotopic (exact) mass is 252 g/mol. The first-order chi connectivity index (χ1) is 8.44. The molecule has 0 aromatic carbocycles. The van der Waals surface area contributed by atoms with E-state index in [1.165, 1.54) is 38.5 Å². The Bertz CT molecular complexity index is 306. The van der Waals surface area contributed by atoms with E-state index in [1.807, 2.05) is 0 Å². The molecule has 1 unspecified atom stereocenters. The lowest BCUT2D eigenvalue weighted by Gasteiger charge is -2.33. The second-order valence-electron chi connectivity index (χ2n) is 7.12. The maximum Gasteiger partial charge on any atom is 0.237 e. The molecule has 0 bridgehead atoms. The quantitative estimate of drug-likeness (QED) is 0.759. The predicted molar refractivity (Wildman–Crippen MR) is 74.2 cm³/mol. The molecule has 2 rings (SSSR count). The zero-order valence-electron chi connectivity index (χ0n) is 11.9. The summed E-state index contributed by atoms with van der Waals surface area (Å²) in [6, 6.07) is 0.494. The molecule has 104 valence electrons. The molecule has 0 aromatic rings. The first kappa shape index (κ1) is 13.9. The van der Waals surface area contributed by atoms with Crippen molar-refractivity contribution in [1.29, 1.82) is 0 Å². The molecule has 2 fully saturated rings. The van der Waals surface area contributed by atoms with Gasteiger partial charge in [0.25, 0.3) is 0 Å². The standard InChI is InChI=1S/C15H28N2O/c1-14(2)9-10-15(11-14,13(16)18)17-12-7-5-3-4-6-8-12/h12,17H,3-11H2,1-2H3,(H2,16,18). The molecule has 1 amide bonds. The molecule has 0 spiro atoms. The van der Waals surface area contributed by atoms with Gasteiger partial charge in [-0.05, 0) is 37.5 Å². The van der Waals surface area contributed by atoms with Gasteiger partial charge in [0.15, 0.2) is 0 Å². The van der Waals surface area contributed by atoms with E-state index in [9.17, 15) is 4.79 Å². The van der Waals surface area contributed by atoms with E-state index in [-0.39, 0.29) is 11.3 Å². The van der Waals surface area contributed by atoms with Gasteiger partial charge in [-0.15, -0.1) is 0 Å². The number of rotatable bonds is 3. The van der Waals surface area contributed by atoms with Gasteiger partial charge >= 0.3 is 0 Å². The lowest BCUT2D eigenvalue weighted by atomic mass is 9.86. The summed E-state index contributed by atoms with van der Waals surface area (Å²) >= 11 is 0. The average molecular weight is 252 g/mol. The number of amides is 1. The van der Waals surface area contributed by atoms with E-state index >= 15 is 0 Å². The van der Waals surface area contributed by atoms with Crippen molar-refractivity contribution in [2.75, 3.05) is 0 Å². The van der Waals surface area contributed by atoms with Crippen LogP contribution in [0.15, 0.2) is 0 Å². The highest BCUT2D eigenvalue weighted by atomic mass is 16.1. The Morgan fingerprint density at radius 3 is 2.17 bits per heavy atom. The van der Waals surface area contributed by atoms with E-state index in [1.54, 1.807) is 0 Å². The predicted octanol–water partition coefficient (Wildman–Crippen LogP) is 2.73. The molecule has 3 heteroatoms. The molecule has 1 atom stereocenters. The van der Waals surface area contributed by atoms with Gasteiger partial charge in [0, 0.05) is 6.04 Å². The van der Waals surface area contributed by atoms with Crippen molar-refractivity contribution in [3.63, 3.8) is 0 Å². The number of nitrogens with two attached hydrogens (primary N) is 1. The van der Waals surface area contributed by atoms with Gasteiger partial charge in [0.2, 0.25) is 5.91 Å².